The van der Waals surface area contributed by atoms with E-state index in [-0.39, 0.29) is 17.5 Å². The molecule has 0 unspecified atom stereocenters. The van der Waals surface area contributed by atoms with Crippen LogP contribution in [0.3, 0.4) is 0 Å². The molecule has 3 aliphatic rings. The van der Waals surface area contributed by atoms with Crippen LogP contribution in [0.15, 0.2) is 69.8 Å². The maximum atomic E-state index is 13.2. The van der Waals surface area contributed by atoms with Gasteiger partial charge >= 0.3 is 0 Å². The summed E-state index contributed by atoms with van der Waals surface area (Å²) < 4.78 is 0.981. The van der Waals surface area contributed by atoms with Crippen molar-refractivity contribution in [3.05, 3.63) is 86.5 Å². The summed E-state index contributed by atoms with van der Waals surface area (Å²) in [6.07, 6.45) is 2.26. The Kier molecular flexibility index (Phi) is 3.50. The summed E-state index contributed by atoms with van der Waals surface area (Å²) in [5, 5.41) is 3.45. The van der Waals surface area contributed by atoms with E-state index in [1.807, 2.05) is 48.5 Å². The smallest absolute Gasteiger partial charge is 0.192 e. The van der Waals surface area contributed by atoms with Crippen molar-refractivity contribution in [2.24, 2.45) is 0 Å². The molecule has 0 fully saturated rings. The van der Waals surface area contributed by atoms with E-state index >= 15 is 0 Å². The Morgan fingerprint density at radius 1 is 0.885 bits per heavy atom. The lowest BCUT2D eigenvalue weighted by molar-refractivity contribution is -0.116. The van der Waals surface area contributed by atoms with Crippen molar-refractivity contribution in [3.8, 4) is 0 Å². The fraction of sp³-hybridized carbons (Fsp3) is 0.182. The average molecular weight is 406 g/mol. The molecule has 1 N–H and O–H groups in total. The minimum Gasteiger partial charge on any atom is -0.358 e. The molecule has 1 atom stereocenters. The van der Waals surface area contributed by atoms with Gasteiger partial charge in [-0.25, -0.2) is 0 Å². The molecule has 2 aromatic carbocycles. The number of ketones is 2. The molecule has 0 amide bonds. The molecule has 0 saturated heterocycles. The molecule has 4 heteroatoms. The van der Waals surface area contributed by atoms with Gasteiger partial charge in [0.1, 0.15) is 0 Å². The Balaban J connectivity index is 1.75. The van der Waals surface area contributed by atoms with Gasteiger partial charge in [0.05, 0.1) is 5.70 Å². The van der Waals surface area contributed by atoms with Crippen molar-refractivity contribution >= 4 is 33.2 Å². The van der Waals surface area contributed by atoms with E-state index in [4.69, 9.17) is 0 Å². The summed E-state index contributed by atoms with van der Waals surface area (Å²) in [5.74, 6) is -0.107. The molecule has 0 spiro atoms. The average Bonchev–Trinajstić information content (AvgIpc) is 2.94. The van der Waals surface area contributed by atoms with Crippen LogP contribution in [-0.2, 0) is 4.79 Å². The Bertz CT molecular complexity index is 1030. The Hall–Kier alpha value is -2.46. The topological polar surface area (TPSA) is 46.2 Å². The van der Waals surface area contributed by atoms with Gasteiger partial charge in [-0.3, -0.25) is 9.59 Å². The minimum absolute atomic E-state index is 0.0287. The van der Waals surface area contributed by atoms with Crippen LogP contribution < -0.4 is 5.32 Å². The number of hydrogen-bond donors (Lipinski definition) is 1. The summed E-state index contributed by atoms with van der Waals surface area (Å²) in [4.78, 5) is 26.0. The first-order chi connectivity index (χ1) is 12.6. The Morgan fingerprint density at radius 2 is 1.62 bits per heavy atom. The molecule has 0 radical (unpaired) electrons. The molecule has 5 rings (SSSR count). The second-order valence-corrected chi connectivity index (χ2v) is 7.86. The van der Waals surface area contributed by atoms with Gasteiger partial charge in [0, 0.05) is 44.8 Å². The third-order valence-electron chi connectivity index (χ3n) is 5.47. The minimum atomic E-state index is -0.290. The summed E-state index contributed by atoms with van der Waals surface area (Å²) >= 11 is 3.47. The van der Waals surface area contributed by atoms with Crippen LogP contribution in [0.4, 0.5) is 0 Å². The normalized spacial score (nSPS) is 21.3. The SMILES string of the molecule is O=C1CCCC2=C1[C@H](c1ccc(Br)cc1)C1=C(N2)c2ccccc2C1=O. The van der Waals surface area contributed by atoms with Crippen molar-refractivity contribution in [2.75, 3.05) is 0 Å². The van der Waals surface area contributed by atoms with Crippen molar-refractivity contribution in [1.29, 1.82) is 0 Å². The van der Waals surface area contributed by atoms with Crippen LogP contribution in [0.1, 0.15) is 46.7 Å². The number of benzene rings is 2. The van der Waals surface area contributed by atoms with Crippen LogP contribution >= 0.6 is 15.9 Å². The Morgan fingerprint density at radius 3 is 2.38 bits per heavy atom. The quantitative estimate of drug-likeness (QED) is 0.744. The first-order valence-corrected chi connectivity index (χ1v) is 9.61. The maximum absolute atomic E-state index is 13.2. The van der Waals surface area contributed by atoms with Crippen molar-refractivity contribution in [3.63, 3.8) is 0 Å². The van der Waals surface area contributed by atoms with E-state index < -0.39 is 0 Å². The zero-order chi connectivity index (χ0) is 17.8. The number of allylic oxidation sites excluding steroid dienone is 3. The number of dihydropyridines is 1. The lowest BCUT2D eigenvalue weighted by atomic mass is 9.75. The van der Waals surface area contributed by atoms with Gasteiger partial charge in [-0.1, -0.05) is 52.3 Å². The van der Waals surface area contributed by atoms with Gasteiger partial charge in [-0.05, 0) is 30.5 Å². The maximum Gasteiger partial charge on any atom is 0.192 e. The molecule has 0 bridgehead atoms. The van der Waals surface area contributed by atoms with Gasteiger partial charge in [-0.15, -0.1) is 0 Å². The first kappa shape index (κ1) is 15.8. The molecule has 128 valence electrons. The van der Waals surface area contributed by atoms with E-state index in [2.05, 4.69) is 21.2 Å². The Labute approximate surface area is 159 Å². The lowest BCUT2D eigenvalue weighted by Crippen LogP contribution is -2.31. The highest BCUT2D eigenvalue weighted by Crippen LogP contribution is 2.48. The second kappa shape index (κ2) is 5.78. The van der Waals surface area contributed by atoms with Crippen molar-refractivity contribution in [1.82, 2.24) is 5.32 Å². The lowest BCUT2D eigenvalue weighted by Gasteiger charge is -2.33. The molecule has 3 nitrogen and oxygen atoms in total. The fourth-order valence-corrected chi connectivity index (χ4v) is 4.59. The molecular weight excluding hydrogens is 390 g/mol. The van der Waals surface area contributed by atoms with E-state index in [1.165, 1.54) is 0 Å². The van der Waals surface area contributed by atoms with E-state index in [1.54, 1.807) is 0 Å². The molecule has 1 heterocycles. The standard InChI is InChI=1S/C22H16BrNO2/c23-13-10-8-12(9-11-13)18-19-16(6-3-7-17(19)25)24-21-14-4-1-2-5-15(14)22(26)20(18)21/h1-2,4-5,8-11,18,24H,3,6-7H2/t18-/m0/s1. The van der Waals surface area contributed by atoms with Crippen LogP contribution in [0.2, 0.25) is 0 Å². The third-order valence-corrected chi connectivity index (χ3v) is 6.00. The number of carbonyl (C=O) groups excluding carboxylic acids is 2. The summed E-state index contributed by atoms with van der Waals surface area (Å²) in [6.45, 7) is 0. The van der Waals surface area contributed by atoms with Crippen LogP contribution in [-0.4, -0.2) is 11.6 Å². The van der Waals surface area contributed by atoms with E-state index in [9.17, 15) is 9.59 Å². The molecule has 0 saturated carbocycles. The molecule has 2 aliphatic carbocycles. The van der Waals surface area contributed by atoms with E-state index in [0.29, 0.717) is 12.0 Å². The molecule has 1 aliphatic heterocycles. The molecule has 2 aromatic rings. The third kappa shape index (κ3) is 2.18. The highest BCUT2D eigenvalue weighted by atomic mass is 79.9. The predicted molar refractivity (Wildman–Crippen MR) is 104 cm³/mol. The molecule has 26 heavy (non-hydrogen) atoms. The number of carbonyl (C=O) groups is 2. The van der Waals surface area contributed by atoms with Crippen LogP contribution in [0.5, 0.6) is 0 Å². The summed E-state index contributed by atoms with van der Waals surface area (Å²) in [6, 6.07) is 15.7. The van der Waals surface area contributed by atoms with Gasteiger partial charge in [0.2, 0.25) is 0 Å². The summed E-state index contributed by atoms with van der Waals surface area (Å²) in [5.41, 5.74) is 6.01. The zero-order valence-electron chi connectivity index (χ0n) is 14.0. The number of fused-ring (bicyclic) bond motifs is 2. The predicted octanol–water partition coefficient (Wildman–Crippen LogP) is 4.75. The van der Waals surface area contributed by atoms with Crippen molar-refractivity contribution < 1.29 is 9.59 Å². The number of rotatable bonds is 1. The van der Waals surface area contributed by atoms with Gasteiger partial charge < -0.3 is 5.32 Å². The number of Topliss-reactive ketones (excluding diaryl/α,β-unsaturated/α-hetero) is 2. The highest BCUT2D eigenvalue weighted by Gasteiger charge is 2.43. The molecule has 0 aromatic heterocycles. The largest absolute Gasteiger partial charge is 0.358 e. The monoisotopic (exact) mass is 405 g/mol. The highest BCUT2D eigenvalue weighted by molar-refractivity contribution is 9.10. The number of nitrogens with one attached hydrogen (secondary N) is 1. The van der Waals surface area contributed by atoms with Gasteiger partial charge in [0.15, 0.2) is 11.6 Å². The van der Waals surface area contributed by atoms with Crippen LogP contribution in [0.25, 0.3) is 5.70 Å². The number of hydrogen-bond acceptors (Lipinski definition) is 3. The van der Waals surface area contributed by atoms with Crippen molar-refractivity contribution in [2.45, 2.75) is 25.2 Å². The summed E-state index contributed by atoms with van der Waals surface area (Å²) in [7, 11) is 0. The first-order valence-electron chi connectivity index (χ1n) is 8.82. The molecular formula is C22H16BrNO2. The van der Waals surface area contributed by atoms with E-state index in [0.717, 1.165) is 51.0 Å². The second-order valence-electron chi connectivity index (χ2n) is 6.94. The van der Waals surface area contributed by atoms with Gasteiger partial charge in [0.25, 0.3) is 0 Å². The zero-order valence-corrected chi connectivity index (χ0v) is 15.6. The van der Waals surface area contributed by atoms with Gasteiger partial charge in [-0.2, -0.15) is 0 Å². The number of halogens is 1. The fourth-order valence-electron chi connectivity index (χ4n) is 4.33. The van der Waals surface area contributed by atoms with Crippen LogP contribution in [0, 0.1) is 0 Å².